The number of aromatic nitrogens is 1. The topological polar surface area (TPSA) is 30.9 Å². The second-order valence-electron chi connectivity index (χ2n) is 4.58. The average molecular weight is 253 g/mol. The van der Waals surface area contributed by atoms with Gasteiger partial charge in [-0.1, -0.05) is 25.1 Å². The Balaban J connectivity index is 0.00000144. The molecular formula is C14H21ClN2. The van der Waals surface area contributed by atoms with Gasteiger partial charge in [0.1, 0.15) is 0 Å². The van der Waals surface area contributed by atoms with Crippen LogP contribution in [0, 0.1) is 6.92 Å². The Kier molecular flexibility index (Phi) is 4.61. The Bertz CT molecular complexity index is 502. The predicted octanol–water partition coefficient (Wildman–Crippen LogP) is 3.19. The van der Waals surface area contributed by atoms with Gasteiger partial charge in [-0.3, -0.25) is 0 Å². The molecule has 2 aromatic rings. The van der Waals surface area contributed by atoms with Gasteiger partial charge in [0.15, 0.2) is 0 Å². The van der Waals surface area contributed by atoms with Crippen LogP contribution in [0.15, 0.2) is 24.3 Å². The zero-order valence-electron chi connectivity index (χ0n) is 10.7. The number of nitrogens with zero attached hydrogens (tertiary/aromatic N) is 1. The number of nitrogens with two attached hydrogens (primary N) is 1. The van der Waals surface area contributed by atoms with Gasteiger partial charge < -0.3 is 10.3 Å². The summed E-state index contributed by atoms with van der Waals surface area (Å²) >= 11 is 0. The van der Waals surface area contributed by atoms with Crippen LogP contribution in [0.2, 0.25) is 0 Å². The van der Waals surface area contributed by atoms with E-state index in [4.69, 9.17) is 5.73 Å². The summed E-state index contributed by atoms with van der Waals surface area (Å²) in [6.07, 6.45) is 1.99. The molecule has 1 aromatic heterocycles. The van der Waals surface area contributed by atoms with Crippen LogP contribution < -0.4 is 5.73 Å². The minimum Gasteiger partial charge on any atom is -0.347 e. The maximum Gasteiger partial charge on any atom is 0.0509 e. The molecular weight excluding hydrogens is 232 g/mol. The van der Waals surface area contributed by atoms with Gasteiger partial charge in [-0.25, -0.2) is 0 Å². The van der Waals surface area contributed by atoms with E-state index < -0.39 is 0 Å². The highest BCUT2D eigenvalue weighted by Gasteiger charge is 2.09. The van der Waals surface area contributed by atoms with E-state index in [0.717, 1.165) is 12.8 Å². The van der Waals surface area contributed by atoms with Crippen molar-refractivity contribution in [1.29, 1.82) is 0 Å². The lowest BCUT2D eigenvalue weighted by atomic mass is 10.1. The van der Waals surface area contributed by atoms with E-state index in [1.165, 1.54) is 22.2 Å². The molecule has 94 valence electrons. The molecule has 0 aliphatic carbocycles. The van der Waals surface area contributed by atoms with E-state index in [1.807, 2.05) is 0 Å². The van der Waals surface area contributed by atoms with Crippen LogP contribution >= 0.6 is 12.4 Å². The molecule has 0 aliphatic rings. The third-order valence-electron chi connectivity index (χ3n) is 3.35. The van der Waals surface area contributed by atoms with Gasteiger partial charge in [0.05, 0.1) is 5.52 Å². The van der Waals surface area contributed by atoms with Crippen LogP contribution in [0.25, 0.3) is 10.9 Å². The molecule has 1 unspecified atom stereocenters. The smallest absolute Gasteiger partial charge is 0.0509 e. The van der Waals surface area contributed by atoms with Crippen molar-refractivity contribution in [3.05, 3.63) is 35.5 Å². The SMILES string of the molecule is CCC(N)Cc1cc2cccc(C)c2n1C.Cl. The number of para-hydroxylation sites is 1. The van der Waals surface area contributed by atoms with Crippen LogP contribution in [0.4, 0.5) is 0 Å². The fourth-order valence-electron chi connectivity index (χ4n) is 2.29. The van der Waals surface area contributed by atoms with Crippen molar-refractivity contribution in [3.8, 4) is 0 Å². The summed E-state index contributed by atoms with van der Waals surface area (Å²) in [5.74, 6) is 0. The lowest BCUT2D eigenvalue weighted by molar-refractivity contribution is 0.623. The van der Waals surface area contributed by atoms with Gasteiger partial charge in [-0.05, 0) is 25.0 Å². The maximum absolute atomic E-state index is 6.02. The van der Waals surface area contributed by atoms with Crippen LogP contribution in [-0.4, -0.2) is 10.6 Å². The summed E-state index contributed by atoms with van der Waals surface area (Å²) in [4.78, 5) is 0. The Morgan fingerprint density at radius 2 is 2.06 bits per heavy atom. The second-order valence-corrected chi connectivity index (χ2v) is 4.58. The van der Waals surface area contributed by atoms with Gasteiger partial charge in [0.2, 0.25) is 0 Å². The first-order valence-corrected chi connectivity index (χ1v) is 5.93. The molecule has 1 aromatic carbocycles. The first-order chi connectivity index (χ1) is 7.63. The van der Waals surface area contributed by atoms with E-state index in [0.29, 0.717) is 0 Å². The minimum absolute atomic E-state index is 0. The zero-order valence-corrected chi connectivity index (χ0v) is 11.6. The molecule has 0 spiro atoms. The van der Waals surface area contributed by atoms with Gasteiger partial charge in [-0.15, -0.1) is 12.4 Å². The first-order valence-electron chi connectivity index (χ1n) is 5.93. The molecule has 3 heteroatoms. The van der Waals surface area contributed by atoms with Crippen molar-refractivity contribution in [1.82, 2.24) is 4.57 Å². The largest absolute Gasteiger partial charge is 0.347 e. The van der Waals surface area contributed by atoms with Gasteiger partial charge in [0.25, 0.3) is 0 Å². The maximum atomic E-state index is 6.02. The fourth-order valence-corrected chi connectivity index (χ4v) is 2.29. The third kappa shape index (κ3) is 2.64. The Hall–Kier alpha value is -0.990. The molecule has 2 rings (SSSR count). The van der Waals surface area contributed by atoms with E-state index in [2.05, 4.69) is 49.7 Å². The molecule has 0 bridgehead atoms. The minimum atomic E-state index is 0. The number of halogens is 1. The standard InChI is InChI=1S/C14H20N2.ClH/c1-4-12(15)9-13-8-11-7-5-6-10(2)14(11)16(13)3;/h5-8,12H,4,9,15H2,1-3H3;1H. The monoisotopic (exact) mass is 252 g/mol. The highest BCUT2D eigenvalue weighted by molar-refractivity contribution is 5.85. The zero-order chi connectivity index (χ0) is 11.7. The summed E-state index contributed by atoms with van der Waals surface area (Å²) in [7, 11) is 2.13. The molecule has 0 radical (unpaired) electrons. The number of benzene rings is 1. The third-order valence-corrected chi connectivity index (χ3v) is 3.35. The van der Waals surface area contributed by atoms with Crippen molar-refractivity contribution in [2.24, 2.45) is 12.8 Å². The van der Waals surface area contributed by atoms with E-state index >= 15 is 0 Å². The second kappa shape index (κ2) is 5.56. The number of aryl methyl sites for hydroxylation is 2. The Morgan fingerprint density at radius 1 is 1.35 bits per heavy atom. The van der Waals surface area contributed by atoms with Crippen LogP contribution in [0.3, 0.4) is 0 Å². The van der Waals surface area contributed by atoms with Crippen molar-refractivity contribution in [2.45, 2.75) is 32.7 Å². The van der Waals surface area contributed by atoms with Gasteiger partial charge >= 0.3 is 0 Å². The molecule has 17 heavy (non-hydrogen) atoms. The van der Waals surface area contributed by atoms with Crippen molar-refractivity contribution in [3.63, 3.8) is 0 Å². The van der Waals surface area contributed by atoms with Crippen LogP contribution in [0.5, 0.6) is 0 Å². The van der Waals surface area contributed by atoms with Crippen molar-refractivity contribution < 1.29 is 0 Å². The normalized spacial score (nSPS) is 12.5. The molecule has 2 nitrogen and oxygen atoms in total. The number of rotatable bonds is 3. The van der Waals surface area contributed by atoms with E-state index in [9.17, 15) is 0 Å². The molecule has 1 atom stereocenters. The van der Waals surface area contributed by atoms with Gasteiger partial charge in [-0.2, -0.15) is 0 Å². The summed E-state index contributed by atoms with van der Waals surface area (Å²) < 4.78 is 2.28. The molecule has 0 saturated carbocycles. The number of fused-ring (bicyclic) bond motifs is 1. The van der Waals surface area contributed by atoms with E-state index in [1.54, 1.807) is 0 Å². The number of hydrogen-bond acceptors (Lipinski definition) is 1. The van der Waals surface area contributed by atoms with Crippen LogP contribution in [-0.2, 0) is 13.5 Å². The predicted molar refractivity (Wildman–Crippen MR) is 76.9 cm³/mol. The van der Waals surface area contributed by atoms with Crippen molar-refractivity contribution >= 4 is 23.3 Å². The highest BCUT2D eigenvalue weighted by atomic mass is 35.5. The summed E-state index contributed by atoms with van der Waals surface area (Å²) in [6, 6.07) is 8.97. The van der Waals surface area contributed by atoms with Crippen LogP contribution in [0.1, 0.15) is 24.6 Å². The van der Waals surface area contributed by atoms with Gasteiger partial charge in [0, 0.05) is 30.6 Å². The lowest BCUT2D eigenvalue weighted by Crippen LogP contribution is -2.22. The number of hydrogen-bond donors (Lipinski definition) is 1. The fraction of sp³-hybridized carbons (Fsp3) is 0.429. The Labute approximate surface area is 109 Å². The summed E-state index contributed by atoms with van der Waals surface area (Å²) in [5.41, 5.74) is 10.0. The first kappa shape index (κ1) is 14.1. The highest BCUT2D eigenvalue weighted by Crippen LogP contribution is 2.22. The average Bonchev–Trinajstić information content (AvgIpc) is 2.57. The van der Waals surface area contributed by atoms with Crippen molar-refractivity contribution in [2.75, 3.05) is 0 Å². The summed E-state index contributed by atoms with van der Waals surface area (Å²) in [5, 5.41) is 1.32. The molecule has 0 fully saturated rings. The molecule has 2 N–H and O–H groups in total. The molecule has 0 saturated heterocycles. The Morgan fingerprint density at radius 3 is 2.65 bits per heavy atom. The lowest BCUT2D eigenvalue weighted by Gasteiger charge is -2.10. The van der Waals surface area contributed by atoms with E-state index in [-0.39, 0.29) is 18.4 Å². The molecule has 0 aliphatic heterocycles. The molecule has 0 amide bonds. The molecule has 1 heterocycles. The summed E-state index contributed by atoms with van der Waals surface area (Å²) in [6.45, 7) is 4.30. The quantitative estimate of drug-likeness (QED) is 0.894.